The van der Waals surface area contributed by atoms with Crippen LogP contribution in [0.15, 0.2) is 24.3 Å². The molecule has 18 heavy (non-hydrogen) atoms. The molecule has 0 saturated carbocycles. The lowest BCUT2D eigenvalue weighted by molar-refractivity contribution is 0.211. The lowest BCUT2D eigenvalue weighted by Gasteiger charge is -2.15. The van der Waals surface area contributed by atoms with Gasteiger partial charge >= 0.3 is 0 Å². The topological polar surface area (TPSA) is 42.8 Å². The van der Waals surface area contributed by atoms with Crippen molar-refractivity contribution in [3.05, 3.63) is 39.9 Å². The monoisotopic (exact) mass is 283 g/mol. The first kappa shape index (κ1) is 13.1. The van der Waals surface area contributed by atoms with Crippen molar-refractivity contribution in [2.45, 2.75) is 26.5 Å². The Morgan fingerprint density at radius 2 is 2.22 bits per heavy atom. The van der Waals surface area contributed by atoms with Gasteiger partial charge in [0, 0.05) is 6.54 Å². The van der Waals surface area contributed by atoms with Crippen molar-refractivity contribution in [1.29, 1.82) is 0 Å². The summed E-state index contributed by atoms with van der Waals surface area (Å²) in [6.07, 6.45) is -0.224. The zero-order valence-electron chi connectivity index (χ0n) is 10.2. The van der Waals surface area contributed by atoms with Crippen LogP contribution in [0.5, 0.6) is 5.75 Å². The maximum atomic E-state index is 6.05. The molecule has 1 N–H and O–H groups in total. The molecule has 1 atom stereocenters. The second-order valence-electron chi connectivity index (χ2n) is 3.82. The molecule has 2 aromatic rings. The number of para-hydroxylation sites is 1. The van der Waals surface area contributed by atoms with Gasteiger partial charge in [0.2, 0.25) is 0 Å². The summed E-state index contributed by atoms with van der Waals surface area (Å²) in [5.41, 5.74) is 0. The SMILES string of the molecule is CCn1c([C@@H](C)Oc2ccccc2Cl)n[nH]c1=S. The normalized spacial score (nSPS) is 12.4. The van der Waals surface area contributed by atoms with Gasteiger partial charge in [-0.25, -0.2) is 0 Å². The van der Waals surface area contributed by atoms with Gasteiger partial charge in [-0.2, -0.15) is 5.10 Å². The van der Waals surface area contributed by atoms with Crippen LogP contribution in [0.4, 0.5) is 0 Å². The Morgan fingerprint density at radius 1 is 1.50 bits per heavy atom. The number of rotatable bonds is 4. The minimum atomic E-state index is -0.224. The van der Waals surface area contributed by atoms with E-state index in [-0.39, 0.29) is 6.10 Å². The molecule has 1 heterocycles. The van der Waals surface area contributed by atoms with Crippen molar-refractivity contribution >= 4 is 23.8 Å². The lowest BCUT2D eigenvalue weighted by Crippen LogP contribution is -2.11. The van der Waals surface area contributed by atoms with Crippen LogP contribution in [0.25, 0.3) is 0 Å². The van der Waals surface area contributed by atoms with Crippen LogP contribution >= 0.6 is 23.8 Å². The quantitative estimate of drug-likeness (QED) is 0.869. The van der Waals surface area contributed by atoms with Crippen LogP contribution in [-0.2, 0) is 6.54 Å². The number of H-pyrrole nitrogens is 1. The molecule has 0 aliphatic rings. The molecule has 0 unspecified atom stereocenters. The van der Waals surface area contributed by atoms with Crippen molar-refractivity contribution in [3.63, 3.8) is 0 Å². The van der Waals surface area contributed by atoms with Gasteiger partial charge in [0.1, 0.15) is 5.75 Å². The smallest absolute Gasteiger partial charge is 0.195 e. The highest BCUT2D eigenvalue weighted by Gasteiger charge is 2.15. The number of ether oxygens (including phenoxy) is 1. The maximum Gasteiger partial charge on any atom is 0.195 e. The van der Waals surface area contributed by atoms with E-state index in [1.165, 1.54) is 0 Å². The Morgan fingerprint density at radius 3 is 2.89 bits per heavy atom. The number of aromatic amines is 1. The van der Waals surface area contributed by atoms with Crippen LogP contribution in [0.1, 0.15) is 25.8 Å². The van der Waals surface area contributed by atoms with Gasteiger partial charge in [0.05, 0.1) is 5.02 Å². The molecule has 2 rings (SSSR count). The zero-order valence-corrected chi connectivity index (χ0v) is 11.8. The van der Waals surface area contributed by atoms with Crippen LogP contribution < -0.4 is 4.74 Å². The number of nitrogens with zero attached hydrogens (tertiary/aromatic N) is 2. The van der Waals surface area contributed by atoms with Crippen LogP contribution in [0.2, 0.25) is 5.02 Å². The van der Waals surface area contributed by atoms with Crippen molar-refractivity contribution in [2.75, 3.05) is 0 Å². The molecule has 0 radical (unpaired) electrons. The van der Waals surface area contributed by atoms with Crippen LogP contribution in [0, 0.1) is 4.77 Å². The molecule has 96 valence electrons. The fraction of sp³-hybridized carbons (Fsp3) is 0.333. The predicted octanol–water partition coefficient (Wildman–Crippen LogP) is 3.75. The Bertz CT molecular complexity index is 593. The molecular formula is C12H14ClN3OS. The Kier molecular flexibility index (Phi) is 4.04. The van der Waals surface area contributed by atoms with Gasteiger partial charge < -0.3 is 9.30 Å². The van der Waals surface area contributed by atoms with Gasteiger partial charge in [-0.3, -0.25) is 5.10 Å². The zero-order chi connectivity index (χ0) is 13.1. The summed E-state index contributed by atoms with van der Waals surface area (Å²) in [4.78, 5) is 0. The molecule has 1 aromatic heterocycles. The standard InChI is InChI=1S/C12H14ClN3OS/c1-3-16-11(14-15-12(16)18)8(2)17-10-7-5-4-6-9(10)13/h4-8H,3H2,1-2H3,(H,15,18)/t8-/m1/s1. The highest BCUT2D eigenvalue weighted by atomic mass is 35.5. The molecule has 1 aromatic carbocycles. The summed E-state index contributed by atoms with van der Waals surface area (Å²) in [6.45, 7) is 4.68. The van der Waals surface area contributed by atoms with E-state index in [2.05, 4.69) is 10.2 Å². The first-order chi connectivity index (χ1) is 8.63. The van der Waals surface area contributed by atoms with Crippen molar-refractivity contribution in [2.24, 2.45) is 0 Å². The lowest BCUT2D eigenvalue weighted by atomic mass is 10.3. The number of hydrogen-bond acceptors (Lipinski definition) is 3. The van der Waals surface area contributed by atoms with Crippen molar-refractivity contribution in [3.8, 4) is 5.75 Å². The first-order valence-electron chi connectivity index (χ1n) is 5.69. The molecule has 0 spiro atoms. The third-order valence-corrected chi connectivity index (χ3v) is 3.23. The summed E-state index contributed by atoms with van der Waals surface area (Å²) in [5.74, 6) is 1.41. The summed E-state index contributed by atoms with van der Waals surface area (Å²) >= 11 is 11.2. The molecule has 6 heteroatoms. The predicted molar refractivity (Wildman–Crippen MR) is 73.6 cm³/mol. The second kappa shape index (κ2) is 5.54. The van der Waals surface area contributed by atoms with E-state index >= 15 is 0 Å². The van der Waals surface area contributed by atoms with Gasteiger partial charge in [-0.15, -0.1) is 0 Å². The molecule has 0 aliphatic heterocycles. The van der Waals surface area contributed by atoms with Crippen LogP contribution in [-0.4, -0.2) is 14.8 Å². The van der Waals surface area contributed by atoms with E-state index in [0.29, 0.717) is 15.5 Å². The minimum absolute atomic E-state index is 0.224. The summed E-state index contributed by atoms with van der Waals surface area (Å²) < 4.78 is 8.30. The number of halogens is 1. The molecule has 0 saturated heterocycles. The van der Waals surface area contributed by atoms with Crippen LogP contribution in [0.3, 0.4) is 0 Å². The van der Waals surface area contributed by atoms with Gasteiger partial charge in [0.15, 0.2) is 16.7 Å². The maximum absolute atomic E-state index is 6.05. The first-order valence-corrected chi connectivity index (χ1v) is 6.48. The van der Waals surface area contributed by atoms with Crippen molar-refractivity contribution < 1.29 is 4.74 Å². The van der Waals surface area contributed by atoms with E-state index in [1.807, 2.05) is 36.6 Å². The Balaban J connectivity index is 2.25. The average Bonchev–Trinajstić information content (AvgIpc) is 2.73. The van der Waals surface area contributed by atoms with E-state index in [4.69, 9.17) is 28.6 Å². The third-order valence-electron chi connectivity index (χ3n) is 2.61. The number of aromatic nitrogens is 3. The fourth-order valence-electron chi connectivity index (χ4n) is 1.73. The van der Waals surface area contributed by atoms with Gasteiger partial charge in [0.25, 0.3) is 0 Å². The third kappa shape index (κ3) is 2.57. The summed E-state index contributed by atoms with van der Waals surface area (Å²) in [7, 11) is 0. The fourth-order valence-corrected chi connectivity index (χ4v) is 2.18. The Hall–Kier alpha value is -1.33. The van der Waals surface area contributed by atoms with Gasteiger partial charge in [-0.05, 0) is 38.2 Å². The largest absolute Gasteiger partial charge is 0.481 e. The molecule has 0 amide bonds. The summed E-state index contributed by atoms with van der Waals surface area (Å²) in [5, 5.41) is 7.55. The molecule has 0 fully saturated rings. The van der Waals surface area contributed by atoms with Gasteiger partial charge in [-0.1, -0.05) is 23.7 Å². The molecular weight excluding hydrogens is 270 g/mol. The van der Waals surface area contributed by atoms with E-state index in [0.717, 1.165) is 12.4 Å². The number of hydrogen-bond donors (Lipinski definition) is 1. The highest BCUT2D eigenvalue weighted by Crippen LogP contribution is 2.27. The van der Waals surface area contributed by atoms with Crippen molar-refractivity contribution in [1.82, 2.24) is 14.8 Å². The minimum Gasteiger partial charge on any atom is -0.481 e. The molecule has 0 bridgehead atoms. The molecule has 0 aliphatic carbocycles. The summed E-state index contributed by atoms with van der Waals surface area (Å²) in [6, 6.07) is 7.36. The highest BCUT2D eigenvalue weighted by molar-refractivity contribution is 7.71. The van der Waals surface area contributed by atoms with E-state index in [1.54, 1.807) is 6.07 Å². The second-order valence-corrected chi connectivity index (χ2v) is 4.62. The van der Waals surface area contributed by atoms with E-state index in [9.17, 15) is 0 Å². The number of benzene rings is 1. The van der Waals surface area contributed by atoms with E-state index < -0.39 is 0 Å². The number of nitrogens with one attached hydrogen (secondary N) is 1. The molecule has 4 nitrogen and oxygen atoms in total. The Labute approximate surface area is 116 Å². The average molecular weight is 284 g/mol.